The summed E-state index contributed by atoms with van der Waals surface area (Å²) in [5.74, 6) is 0.719. The molecule has 4 nitrogen and oxygen atoms in total. The monoisotopic (exact) mass is 317 g/mol. The van der Waals surface area contributed by atoms with Gasteiger partial charge in [-0.15, -0.1) is 0 Å². The summed E-state index contributed by atoms with van der Waals surface area (Å²) in [6, 6.07) is 13.4. The van der Waals surface area contributed by atoms with Crippen LogP contribution in [0.2, 0.25) is 0 Å². The Hall–Kier alpha value is -2.06. The average molecular weight is 318 g/mol. The molecular weight excluding hydrogens is 306 g/mol. The van der Waals surface area contributed by atoms with E-state index in [1.165, 1.54) is 0 Å². The summed E-state index contributed by atoms with van der Waals surface area (Å²) in [5.41, 5.74) is 1.91. The minimum absolute atomic E-state index is 0.0492. The van der Waals surface area contributed by atoms with Crippen LogP contribution in [0.25, 0.3) is 0 Å². The summed E-state index contributed by atoms with van der Waals surface area (Å²) in [6.07, 6.45) is 1.72. The normalized spacial score (nSPS) is 9.68. The molecule has 0 saturated heterocycles. The van der Waals surface area contributed by atoms with Crippen molar-refractivity contribution in [2.75, 3.05) is 11.9 Å². The summed E-state index contributed by atoms with van der Waals surface area (Å²) >= 11 is 3.38. The molecular formula is C14H12BrN3O. The van der Waals surface area contributed by atoms with Gasteiger partial charge in [0.15, 0.2) is 6.61 Å². The Kier molecular flexibility index (Phi) is 4.76. The van der Waals surface area contributed by atoms with E-state index in [0.29, 0.717) is 6.54 Å². The first-order chi connectivity index (χ1) is 9.31. The molecule has 0 atom stereocenters. The van der Waals surface area contributed by atoms with Crippen LogP contribution in [0.4, 0.5) is 5.69 Å². The zero-order chi connectivity index (χ0) is 13.5. The lowest BCUT2D eigenvalue weighted by Gasteiger charge is -2.11. The van der Waals surface area contributed by atoms with Crippen molar-refractivity contribution >= 4 is 21.6 Å². The van der Waals surface area contributed by atoms with Gasteiger partial charge in [-0.25, -0.2) is 4.98 Å². The van der Waals surface area contributed by atoms with Gasteiger partial charge in [-0.05, 0) is 34.1 Å². The highest BCUT2D eigenvalue weighted by molar-refractivity contribution is 9.10. The molecule has 1 N–H and O–H groups in total. The van der Waals surface area contributed by atoms with Crippen LogP contribution in [0.5, 0.6) is 5.75 Å². The number of nitrogens with zero attached hydrogens (tertiary/aromatic N) is 2. The van der Waals surface area contributed by atoms with Gasteiger partial charge >= 0.3 is 0 Å². The first kappa shape index (κ1) is 13.4. The molecule has 0 aliphatic carbocycles. The fraction of sp³-hybridized carbons (Fsp3) is 0.143. The Morgan fingerprint density at radius 2 is 2.11 bits per heavy atom. The van der Waals surface area contributed by atoms with Gasteiger partial charge in [0, 0.05) is 18.3 Å². The van der Waals surface area contributed by atoms with Crippen molar-refractivity contribution in [3.63, 3.8) is 0 Å². The molecule has 2 aromatic rings. The molecule has 0 unspecified atom stereocenters. The summed E-state index contributed by atoms with van der Waals surface area (Å²) in [7, 11) is 0. The van der Waals surface area contributed by atoms with Gasteiger partial charge in [-0.3, -0.25) is 0 Å². The van der Waals surface area contributed by atoms with Gasteiger partial charge in [-0.1, -0.05) is 18.2 Å². The Balaban J connectivity index is 2.07. The number of ether oxygens (including phenoxy) is 1. The van der Waals surface area contributed by atoms with Gasteiger partial charge in [0.2, 0.25) is 0 Å². The minimum Gasteiger partial charge on any atom is -0.478 e. The van der Waals surface area contributed by atoms with Crippen LogP contribution in [0.15, 0.2) is 47.2 Å². The summed E-state index contributed by atoms with van der Waals surface area (Å²) in [6.45, 7) is 0.652. The lowest BCUT2D eigenvalue weighted by molar-refractivity contribution is 0.364. The molecule has 19 heavy (non-hydrogen) atoms. The highest BCUT2D eigenvalue weighted by Crippen LogP contribution is 2.22. The number of aromatic nitrogens is 1. The maximum Gasteiger partial charge on any atom is 0.174 e. The van der Waals surface area contributed by atoms with E-state index >= 15 is 0 Å². The van der Waals surface area contributed by atoms with Gasteiger partial charge in [0.05, 0.1) is 5.69 Å². The largest absolute Gasteiger partial charge is 0.478 e. The molecule has 0 aliphatic heterocycles. The molecule has 1 aromatic carbocycles. The molecule has 5 heteroatoms. The van der Waals surface area contributed by atoms with E-state index in [-0.39, 0.29) is 6.61 Å². The molecule has 0 aliphatic rings. The van der Waals surface area contributed by atoms with E-state index in [9.17, 15) is 0 Å². The third-order valence-corrected chi connectivity index (χ3v) is 3.13. The Labute approximate surface area is 120 Å². The lowest BCUT2D eigenvalue weighted by atomic mass is 10.2. The van der Waals surface area contributed by atoms with Gasteiger partial charge in [0.1, 0.15) is 16.4 Å². The van der Waals surface area contributed by atoms with Crippen molar-refractivity contribution in [1.29, 1.82) is 5.26 Å². The number of para-hydroxylation sites is 1. The average Bonchev–Trinajstić information content (AvgIpc) is 2.45. The van der Waals surface area contributed by atoms with Gasteiger partial charge < -0.3 is 10.1 Å². The van der Waals surface area contributed by atoms with Crippen LogP contribution in [0, 0.1) is 11.3 Å². The third kappa shape index (κ3) is 3.70. The van der Waals surface area contributed by atoms with Crippen LogP contribution in [0.3, 0.4) is 0 Å². The Morgan fingerprint density at radius 1 is 1.26 bits per heavy atom. The molecule has 0 saturated carbocycles. The van der Waals surface area contributed by atoms with Crippen LogP contribution < -0.4 is 10.1 Å². The predicted octanol–water partition coefficient (Wildman–Crippen LogP) is 3.36. The van der Waals surface area contributed by atoms with Crippen molar-refractivity contribution in [1.82, 2.24) is 4.98 Å². The van der Waals surface area contributed by atoms with Crippen molar-refractivity contribution in [3.05, 3.63) is 52.8 Å². The smallest absolute Gasteiger partial charge is 0.174 e. The van der Waals surface area contributed by atoms with Crippen molar-refractivity contribution in [2.24, 2.45) is 0 Å². The van der Waals surface area contributed by atoms with Crippen LogP contribution in [-0.4, -0.2) is 11.6 Å². The van der Waals surface area contributed by atoms with Crippen molar-refractivity contribution in [3.8, 4) is 11.8 Å². The quantitative estimate of drug-likeness (QED) is 0.859. The zero-order valence-corrected chi connectivity index (χ0v) is 11.7. The maximum absolute atomic E-state index is 8.56. The van der Waals surface area contributed by atoms with Crippen molar-refractivity contribution < 1.29 is 4.74 Å². The molecule has 0 spiro atoms. The van der Waals surface area contributed by atoms with Gasteiger partial charge in [-0.2, -0.15) is 5.26 Å². The number of halogens is 1. The molecule has 0 fully saturated rings. The minimum atomic E-state index is 0.0492. The van der Waals surface area contributed by atoms with Gasteiger partial charge in [0.25, 0.3) is 0 Å². The van der Waals surface area contributed by atoms with Crippen LogP contribution in [0.1, 0.15) is 5.56 Å². The first-order valence-electron chi connectivity index (χ1n) is 5.73. The number of pyridine rings is 1. The number of nitriles is 1. The predicted molar refractivity (Wildman–Crippen MR) is 76.8 cm³/mol. The highest BCUT2D eigenvalue weighted by atomic mass is 79.9. The number of nitrogens with one attached hydrogen (secondary N) is 1. The number of hydrogen-bond acceptors (Lipinski definition) is 4. The Morgan fingerprint density at radius 3 is 2.89 bits per heavy atom. The number of anilines is 1. The number of benzene rings is 1. The molecule has 0 bridgehead atoms. The van der Waals surface area contributed by atoms with E-state index in [1.54, 1.807) is 6.20 Å². The molecule has 0 radical (unpaired) electrons. The van der Waals surface area contributed by atoms with E-state index < -0.39 is 0 Å². The fourth-order valence-corrected chi connectivity index (χ4v) is 2.00. The second-order valence-corrected chi connectivity index (χ2v) is 4.50. The second-order valence-electron chi connectivity index (χ2n) is 3.75. The molecule has 1 heterocycles. The topological polar surface area (TPSA) is 57.9 Å². The highest BCUT2D eigenvalue weighted by Gasteiger charge is 2.04. The van der Waals surface area contributed by atoms with E-state index in [4.69, 9.17) is 10.00 Å². The molecule has 0 amide bonds. The molecule has 1 aromatic heterocycles. The van der Waals surface area contributed by atoms with E-state index in [0.717, 1.165) is 21.6 Å². The van der Waals surface area contributed by atoms with Crippen molar-refractivity contribution in [2.45, 2.75) is 6.54 Å². The van der Waals surface area contributed by atoms with Crippen LogP contribution >= 0.6 is 15.9 Å². The molecule has 2 rings (SSSR count). The zero-order valence-electron chi connectivity index (χ0n) is 10.1. The van der Waals surface area contributed by atoms with E-state index in [1.807, 2.05) is 42.5 Å². The lowest BCUT2D eigenvalue weighted by Crippen LogP contribution is -2.04. The Bertz CT molecular complexity index is 595. The second kappa shape index (κ2) is 6.76. The molecule has 96 valence electrons. The standard InChI is InChI=1S/C14H12BrN3O/c15-14-12(5-3-8-17-14)18-10-11-4-1-2-6-13(11)19-9-7-16/h1-6,8,18H,9-10H2. The maximum atomic E-state index is 8.56. The van der Waals surface area contributed by atoms with E-state index in [2.05, 4.69) is 26.2 Å². The summed E-state index contributed by atoms with van der Waals surface area (Å²) in [4.78, 5) is 4.14. The number of hydrogen-bond donors (Lipinski definition) is 1. The summed E-state index contributed by atoms with van der Waals surface area (Å²) in [5, 5.41) is 11.8. The van der Waals surface area contributed by atoms with Crippen LogP contribution in [-0.2, 0) is 6.54 Å². The fourth-order valence-electron chi connectivity index (χ4n) is 1.61. The summed E-state index contributed by atoms with van der Waals surface area (Å²) < 4.78 is 6.15. The number of rotatable bonds is 5. The third-order valence-electron chi connectivity index (χ3n) is 2.49. The first-order valence-corrected chi connectivity index (χ1v) is 6.52. The SMILES string of the molecule is N#CCOc1ccccc1CNc1cccnc1Br.